The number of hydrogen-bond donors (Lipinski definition) is 2. The number of nitrogens with one attached hydrogen (secondary N) is 2. The van der Waals surface area contributed by atoms with Gasteiger partial charge in [-0.25, -0.2) is 8.42 Å². The van der Waals surface area contributed by atoms with Crippen molar-refractivity contribution in [2.75, 3.05) is 39.4 Å². The molecule has 0 fully saturated rings. The fraction of sp³-hybridized carbons (Fsp3) is 0.588. The first-order valence-electron chi connectivity index (χ1n) is 8.19. The number of methoxy groups -OCH3 is 1. The van der Waals surface area contributed by atoms with Gasteiger partial charge in [0.1, 0.15) is 22.2 Å². The molecular weight excluding hydrogens is 342 g/mol. The van der Waals surface area contributed by atoms with Crippen LogP contribution in [0.3, 0.4) is 0 Å². The third-order valence-electron chi connectivity index (χ3n) is 3.47. The number of sulfone groups is 1. The second kappa shape index (κ2) is 10.9. The molecule has 0 heterocycles. The molecule has 0 aliphatic carbocycles. The van der Waals surface area contributed by atoms with E-state index in [2.05, 4.69) is 15.6 Å². The van der Waals surface area contributed by atoms with Gasteiger partial charge in [0.05, 0.1) is 12.4 Å². The van der Waals surface area contributed by atoms with Crippen LogP contribution in [0.25, 0.3) is 0 Å². The summed E-state index contributed by atoms with van der Waals surface area (Å²) < 4.78 is 32.9. The van der Waals surface area contributed by atoms with Gasteiger partial charge in [-0.15, -0.1) is 0 Å². The molecule has 1 aromatic rings. The molecule has 0 spiro atoms. The molecule has 0 bridgehead atoms. The summed E-state index contributed by atoms with van der Waals surface area (Å²) in [6, 6.07) is 7.80. The van der Waals surface area contributed by atoms with Crippen LogP contribution in [0.5, 0.6) is 5.75 Å². The molecule has 2 N–H and O–H groups in total. The van der Waals surface area contributed by atoms with E-state index in [0.29, 0.717) is 32.1 Å². The van der Waals surface area contributed by atoms with Crippen LogP contribution in [-0.2, 0) is 21.1 Å². The Morgan fingerprint density at radius 2 is 1.92 bits per heavy atom. The molecular formula is C17H29N3O4S. The first kappa shape index (κ1) is 21.2. The van der Waals surface area contributed by atoms with Crippen molar-refractivity contribution in [1.82, 2.24) is 10.6 Å². The van der Waals surface area contributed by atoms with E-state index < -0.39 is 9.84 Å². The molecule has 1 aromatic carbocycles. The topological polar surface area (TPSA) is 89.0 Å². The van der Waals surface area contributed by atoms with Gasteiger partial charge in [0.15, 0.2) is 5.96 Å². The van der Waals surface area contributed by atoms with Crippen LogP contribution in [0.1, 0.15) is 18.9 Å². The third-order valence-corrected chi connectivity index (χ3v) is 4.45. The zero-order valence-corrected chi connectivity index (χ0v) is 16.2. The van der Waals surface area contributed by atoms with Crippen LogP contribution in [0.2, 0.25) is 0 Å². The highest BCUT2D eigenvalue weighted by molar-refractivity contribution is 7.90. The van der Waals surface area contributed by atoms with E-state index in [9.17, 15) is 8.42 Å². The minimum atomic E-state index is -2.95. The molecule has 0 aliphatic heterocycles. The summed E-state index contributed by atoms with van der Waals surface area (Å²) in [5.41, 5.74) is 1.09. The number of nitrogens with zero attached hydrogens (tertiary/aromatic N) is 1. The lowest BCUT2D eigenvalue weighted by molar-refractivity contribution is 0.146. The van der Waals surface area contributed by atoms with Gasteiger partial charge in [-0.05, 0) is 31.0 Å². The van der Waals surface area contributed by atoms with Crippen LogP contribution in [0, 0.1) is 0 Å². The predicted octanol–water partition coefficient (Wildman–Crippen LogP) is 1.20. The van der Waals surface area contributed by atoms with E-state index >= 15 is 0 Å². The normalized spacial score (nSPS) is 13.4. The second-order valence-electron chi connectivity index (χ2n) is 5.87. The molecule has 0 aromatic heterocycles. The zero-order valence-electron chi connectivity index (χ0n) is 15.4. The van der Waals surface area contributed by atoms with Crippen molar-refractivity contribution in [2.45, 2.75) is 25.9 Å². The standard InChI is InChI=1S/C17H29N3O4S/c1-14(9-12-25(4,21)22)20-17(18-2)19-13-15-5-7-16(8-6-15)24-11-10-23-3/h5-8,14H,9-13H2,1-4H3,(H2,18,19,20). The van der Waals surface area contributed by atoms with Gasteiger partial charge in [0.25, 0.3) is 0 Å². The van der Waals surface area contributed by atoms with Gasteiger partial charge in [-0.2, -0.15) is 0 Å². The Kier molecular flexibility index (Phi) is 9.30. The van der Waals surface area contributed by atoms with Crippen molar-refractivity contribution >= 4 is 15.8 Å². The van der Waals surface area contributed by atoms with E-state index in [1.807, 2.05) is 31.2 Å². The van der Waals surface area contributed by atoms with E-state index in [1.165, 1.54) is 6.26 Å². The molecule has 0 saturated carbocycles. The molecule has 0 saturated heterocycles. The van der Waals surface area contributed by atoms with Crippen molar-refractivity contribution in [3.63, 3.8) is 0 Å². The van der Waals surface area contributed by atoms with Crippen molar-refractivity contribution < 1.29 is 17.9 Å². The molecule has 25 heavy (non-hydrogen) atoms. The van der Waals surface area contributed by atoms with Crippen molar-refractivity contribution in [3.8, 4) is 5.75 Å². The van der Waals surface area contributed by atoms with Crippen LogP contribution in [0.4, 0.5) is 0 Å². The Morgan fingerprint density at radius 1 is 1.24 bits per heavy atom. The average molecular weight is 372 g/mol. The Hall–Kier alpha value is -1.80. The molecule has 0 aliphatic rings. The van der Waals surface area contributed by atoms with Crippen LogP contribution in [-0.4, -0.2) is 59.8 Å². The fourth-order valence-electron chi connectivity index (χ4n) is 2.02. The first-order chi connectivity index (χ1) is 11.8. The summed E-state index contributed by atoms with van der Waals surface area (Å²) in [5, 5.41) is 6.41. The Labute approximate surface area is 150 Å². The first-order valence-corrected chi connectivity index (χ1v) is 10.3. The Morgan fingerprint density at radius 3 is 2.48 bits per heavy atom. The SMILES string of the molecule is CN=C(NCc1ccc(OCCOC)cc1)NC(C)CCS(C)(=O)=O. The largest absolute Gasteiger partial charge is 0.491 e. The highest BCUT2D eigenvalue weighted by Gasteiger charge is 2.09. The molecule has 7 nitrogen and oxygen atoms in total. The Bertz CT molecular complexity index is 630. The third kappa shape index (κ3) is 9.93. The second-order valence-corrected chi connectivity index (χ2v) is 8.13. The molecule has 1 atom stereocenters. The van der Waals surface area contributed by atoms with Gasteiger partial charge in [-0.1, -0.05) is 12.1 Å². The number of guanidine groups is 1. The van der Waals surface area contributed by atoms with E-state index in [1.54, 1.807) is 14.2 Å². The predicted molar refractivity (Wildman–Crippen MR) is 101 cm³/mol. The lowest BCUT2D eigenvalue weighted by Crippen LogP contribution is -2.42. The van der Waals surface area contributed by atoms with Crippen molar-refractivity contribution in [3.05, 3.63) is 29.8 Å². The molecule has 1 unspecified atom stereocenters. The summed E-state index contributed by atoms with van der Waals surface area (Å²) in [6.07, 6.45) is 1.78. The highest BCUT2D eigenvalue weighted by Crippen LogP contribution is 2.12. The minimum Gasteiger partial charge on any atom is -0.491 e. The molecule has 1 rings (SSSR count). The monoisotopic (exact) mass is 371 g/mol. The number of hydrogen-bond acceptors (Lipinski definition) is 5. The smallest absolute Gasteiger partial charge is 0.191 e. The van der Waals surface area contributed by atoms with Crippen molar-refractivity contribution in [1.29, 1.82) is 0 Å². The van der Waals surface area contributed by atoms with Gasteiger partial charge >= 0.3 is 0 Å². The maximum absolute atomic E-state index is 11.2. The average Bonchev–Trinajstić information content (AvgIpc) is 2.57. The van der Waals surface area contributed by atoms with Crippen molar-refractivity contribution in [2.24, 2.45) is 4.99 Å². The summed E-state index contributed by atoms with van der Waals surface area (Å²) in [5.74, 6) is 1.60. The van der Waals surface area contributed by atoms with Crippen LogP contribution < -0.4 is 15.4 Å². The molecule has 0 radical (unpaired) electrons. The number of ether oxygens (including phenoxy) is 2. The molecule has 142 valence electrons. The molecule has 0 amide bonds. The fourth-order valence-corrected chi connectivity index (χ4v) is 2.80. The lowest BCUT2D eigenvalue weighted by atomic mass is 10.2. The van der Waals surface area contributed by atoms with Gasteiger partial charge in [-0.3, -0.25) is 4.99 Å². The van der Waals surface area contributed by atoms with E-state index in [0.717, 1.165) is 11.3 Å². The zero-order chi connectivity index (χ0) is 18.7. The lowest BCUT2D eigenvalue weighted by Gasteiger charge is -2.17. The van der Waals surface area contributed by atoms with Gasteiger partial charge in [0, 0.05) is 33.0 Å². The van der Waals surface area contributed by atoms with E-state index in [-0.39, 0.29) is 11.8 Å². The van der Waals surface area contributed by atoms with Gasteiger partial charge < -0.3 is 20.1 Å². The quantitative estimate of drug-likeness (QED) is 0.365. The Balaban J connectivity index is 2.41. The summed E-state index contributed by atoms with van der Waals surface area (Å²) in [6.45, 7) is 3.62. The van der Waals surface area contributed by atoms with E-state index in [4.69, 9.17) is 9.47 Å². The van der Waals surface area contributed by atoms with Crippen LogP contribution >= 0.6 is 0 Å². The maximum atomic E-state index is 11.2. The number of aliphatic imine (C=N–C) groups is 1. The summed E-state index contributed by atoms with van der Waals surface area (Å²) >= 11 is 0. The van der Waals surface area contributed by atoms with Gasteiger partial charge in [0.2, 0.25) is 0 Å². The maximum Gasteiger partial charge on any atom is 0.191 e. The summed E-state index contributed by atoms with van der Waals surface area (Å²) in [7, 11) is 0.376. The number of benzene rings is 1. The molecule has 8 heteroatoms. The summed E-state index contributed by atoms with van der Waals surface area (Å²) in [4.78, 5) is 4.16. The minimum absolute atomic E-state index is 0.0116. The number of rotatable bonds is 10. The van der Waals surface area contributed by atoms with Crippen LogP contribution in [0.15, 0.2) is 29.3 Å². The highest BCUT2D eigenvalue weighted by atomic mass is 32.2.